The molecular weight excluding hydrogens is 228 g/mol. The molecule has 1 aliphatic rings. The first-order valence-electron chi connectivity index (χ1n) is 6.31. The number of ether oxygens (including phenoxy) is 1. The number of likely N-dealkylation sites (tertiary alicyclic amines) is 1. The first-order chi connectivity index (χ1) is 8.68. The quantitative estimate of drug-likeness (QED) is 0.607. The van der Waals surface area contributed by atoms with Crippen molar-refractivity contribution in [2.75, 3.05) is 20.2 Å². The minimum absolute atomic E-state index is 0.0522. The van der Waals surface area contributed by atoms with E-state index in [2.05, 4.69) is 16.9 Å². The summed E-state index contributed by atoms with van der Waals surface area (Å²) in [6, 6.07) is 4.22. The van der Waals surface area contributed by atoms with E-state index in [9.17, 15) is 0 Å². The van der Waals surface area contributed by atoms with Crippen LogP contribution < -0.4 is 10.5 Å². The number of nitrogens with one attached hydrogen (secondary N) is 1. The first kappa shape index (κ1) is 12.8. The lowest BCUT2D eigenvalue weighted by molar-refractivity contribution is 0.232. The van der Waals surface area contributed by atoms with Crippen LogP contribution >= 0.6 is 0 Å². The van der Waals surface area contributed by atoms with Crippen LogP contribution in [0.2, 0.25) is 0 Å². The van der Waals surface area contributed by atoms with Gasteiger partial charge in [-0.05, 0) is 45.0 Å². The van der Waals surface area contributed by atoms with Crippen molar-refractivity contribution in [3.63, 3.8) is 0 Å². The fraction of sp³-hybridized carbons (Fsp3) is 0.538. The topological polar surface area (TPSA) is 75.2 Å². The second-order valence-corrected chi connectivity index (χ2v) is 4.68. The fourth-order valence-electron chi connectivity index (χ4n) is 2.36. The van der Waals surface area contributed by atoms with E-state index >= 15 is 0 Å². The maximum absolute atomic E-state index is 7.44. The van der Waals surface area contributed by atoms with Crippen molar-refractivity contribution in [3.8, 4) is 5.75 Å². The highest BCUT2D eigenvalue weighted by Gasteiger charge is 2.20. The predicted octanol–water partition coefficient (Wildman–Crippen LogP) is 1.23. The number of nitrogen functional groups attached to an aromatic ring is 1. The number of amidine groups is 1. The average molecular weight is 248 g/mol. The van der Waals surface area contributed by atoms with Crippen LogP contribution in [0.25, 0.3) is 0 Å². The molecule has 18 heavy (non-hydrogen) atoms. The Kier molecular flexibility index (Phi) is 4.15. The minimum Gasteiger partial charge on any atom is -0.491 e. The number of hydrogen-bond acceptors (Lipinski definition) is 4. The summed E-state index contributed by atoms with van der Waals surface area (Å²) >= 11 is 0. The van der Waals surface area contributed by atoms with Gasteiger partial charge in [0.1, 0.15) is 17.3 Å². The lowest BCUT2D eigenvalue weighted by Crippen LogP contribution is -2.26. The van der Waals surface area contributed by atoms with Crippen LogP contribution in [0, 0.1) is 5.41 Å². The standard InChI is InChI=1S/C13H20N4O/c1-17-8-3-4-10(17)6-9-18-11-5-2-7-16-12(11)13(14)15/h2,5,7,10H,3-4,6,8-9H2,1H3,(H3,14,15). The molecule has 1 aromatic rings. The van der Waals surface area contributed by atoms with Crippen molar-refractivity contribution in [2.24, 2.45) is 5.73 Å². The van der Waals surface area contributed by atoms with Crippen LogP contribution in [0.15, 0.2) is 18.3 Å². The van der Waals surface area contributed by atoms with Gasteiger partial charge in [-0.1, -0.05) is 0 Å². The van der Waals surface area contributed by atoms with Crippen molar-refractivity contribution in [3.05, 3.63) is 24.0 Å². The zero-order valence-corrected chi connectivity index (χ0v) is 10.7. The molecule has 3 N–H and O–H groups in total. The van der Waals surface area contributed by atoms with Crippen LogP contribution in [-0.4, -0.2) is 42.0 Å². The van der Waals surface area contributed by atoms with Crippen molar-refractivity contribution in [1.82, 2.24) is 9.88 Å². The Morgan fingerprint density at radius 3 is 3.17 bits per heavy atom. The number of pyridine rings is 1. The third kappa shape index (κ3) is 2.98. The molecule has 98 valence electrons. The molecule has 0 saturated carbocycles. The van der Waals surface area contributed by atoms with Crippen molar-refractivity contribution in [2.45, 2.75) is 25.3 Å². The summed E-state index contributed by atoms with van der Waals surface area (Å²) in [5.74, 6) is 0.550. The summed E-state index contributed by atoms with van der Waals surface area (Å²) in [6.45, 7) is 1.82. The van der Waals surface area contributed by atoms with Gasteiger partial charge in [-0.2, -0.15) is 0 Å². The number of nitrogens with two attached hydrogens (primary N) is 1. The molecule has 1 fully saturated rings. The van der Waals surface area contributed by atoms with E-state index in [0.717, 1.165) is 6.42 Å². The zero-order valence-electron chi connectivity index (χ0n) is 10.7. The molecule has 1 atom stereocenters. The van der Waals surface area contributed by atoms with Crippen LogP contribution in [0.5, 0.6) is 5.75 Å². The Morgan fingerprint density at radius 2 is 2.50 bits per heavy atom. The van der Waals surface area contributed by atoms with E-state index in [4.69, 9.17) is 15.9 Å². The SMILES string of the molecule is CN1CCCC1CCOc1cccnc1C(=N)N. The molecule has 2 heterocycles. The Morgan fingerprint density at radius 1 is 1.67 bits per heavy atom. The van der Waals surface area contributed by atoms with E-state index in [-0.39, 0.29) is 5.84 Å². The fourth-order valence-corrected chi connectivity index (χ4v) is 2.36. The normalized spacial score (nSPS) is 19.9. The van der Waals surface area contributed by atoms with Crippen molar-refractivity contribution in [1.29, 1.82) is 5.41 Å². The molecule has 5 nitrogen and oxygen atoms in total. The molecule has 5 heteroatoms. The van der Waals surface area contributed by atoms with E-state index < -0.39 is 0 Å². The number of nitrogens with zero attached hydrogens (tertiary/aromatic N) is 2. The van der Waals surface area contributed by atoms with Gasteiger partial charge in [-0.25, -0.2) is 4.98 Å². The lowest BCUT2D eigenvalue weighted by Gasteiger charge is -2.19. The molecular formula is C13H20N4O. The van der Waals surface area contributed by atoms with Gasteiger partial charge in [0.2, 0.25) is 0 Å². The maximum Gasteiger partial charge on any atom is 0.148 e. The third-order valence-corrected chi connectivity index (χ3v) is 3.41. The number of hydrogen-bond donors (Lipinski definition) is 2. The minimum atomic E-state index is -0.0522. The van der Waals surface area contributed by atoms with Gasteiger partial charge in [-0.15, -0.1) is 0 Å². The Bertz CT molecular complexity index is 421. The molecule has 0 bridgehead atoms. The average Bonchev–Trinajstić information content (AvgIpc) is 2.76. The van der Waals surface area contributed by atoms with Gasteiger partial charge in [0.05, 0.1) is 6.61 Å². The Hall–Kier alpha value is -1.62. The Labute approximate surface area is 107 Å². The first-order valence-corrected chi connectivity index (χ1v) is 6.31. The summed E-state index contributed by atoms with van der Waals surface area (Å²) in [5, 5.41) is 7.44. The van der Waals surface area contributed by atoms with E-state index in [1.54, 1.807) is 12.3 Å². The van der Waals surface area contributed by atoms with Gasteiger partial charge >= 0.3 is 0 Å². The highest BCUT2D eigenvalue weighted by Crippen LogP contribution is 2.19. The number of rotatable bonds is 5. The highest BCUT2D eigenvalue weighted by molar-refractivity contribution is 5.95. The molecule has 0 spiro atoms. The molecule has 2 rings (SSSR count). The molecule has 1 saturated heterocycles. The molecule has 0 radical (unpaired) electrons. The molecule has 0 amide bonds. The monoisotopic (exact) mass is 248 g/mol. The third-order valence-electron chi connectivity index (χ3n) is 3.41. The van der Waals surface area contributed by atoms with Gasteiger partial charge in [0.25, 0.3) is 0 Å². The van der Waals surface area contributed by atoms with Crippen LogP contribution in [0.4, 0.5) is 0 Å². The van der Waals surface area contributed by atoms with Crippen molar-refractivity contribution < 1.29 is 4.74 Å². The second kappa shape index (κ2) is 5.82. The molecule has 1 aromatic heterocycles. The van der Waals surface area contributed by atoms with Crippen LogP contribution in [-0.2, 0) is 0 Å². The largest absolute Gasteiger partial charge is 0.491 e. The van der Waals surface area contributed by atoms with E-state index in [1.807, 2.05) is 6.07 Å². The number of aromatic nitrogens is 1. The van der Waals surface area contributed by atoms with E-state index in [1.165, 1.54) is 19.4 Å². The molecule has 1 unspecified atom stereocenters. The second-order valence-electron chi connectivity index (χ2n) is 4.68. The highest BCUT2D eigenvalue weighted by atomic mass is 16.5. The summed E-state index contributed by atoms with van der Waals surface area (Å²) < 4.78 is 5.70. The van der Waals surface area contributed by atoms with Gasteiger partial charge in [0, 0.05) is 12.2 Å². The summed E-state index contributed by atoms with van der Waals surface area (Å²) in [6.07, 6.45) is 5.14. The summed E-state index contributed by atoms with van der Waals surface area (Å²) in [4.78, 5) is 6.43. The van der Waals surface area contributed by atoms with Gasteiger partial charge in [-0.3, -0.25) is 5.41 Å². The predicted molar refractivity (Wildman–Crippen MR) is 71.0 cm³/mol. The molecule has 1 aliphatic heterocycles. The van der Waals surface area contributed by atoms with Gasteiger partial charge in [0.15, 0.2) is 0 Å². The lowest BCUT2D eigenvalue weighted by atomic mass is 10.1. The molecule has 0 aliphatic carbocycles. The van der Waals surface area contributed by atoms with Gasteiger partial charge < -0.3 is 15.4 Å². The summed E-state index contributed by atoms with van der Waals surface area (Å²) in [5.41, 5.74) is 5.89. The van der Waals surface area contributed by atoms with Crippen molar-refractivity contribution >= 4 is 5.84 Å². The zero-order chi connectivity index (χ0) is 13.0. The van der Waals surface area contributed by atoms with Crippen LogP contribution in [0.3, 0.4) is 0 Å². The maximum atomic E-state index is 7.44. The Balaban J connectivity index is 1.88. The summed E-state index contributed by atoms with van der Waals surface area (Å²) in [7, 11) is 2.16. The van der Waals surface area contributed by atoms with Crippen LogP contribution in [0.1, 0.15) is 25.0 Å². The van der Waals surface area contributed by atoms with E-state index in [0.29, 0.717) is 24.1 Å². The smallest absolute Gasteiger partial charge is 0.148 e. The molecule has 0 aromatic carbocycles.